The third kappa shape index (κ3) is 11.5. The molecule has 2 rings (SSSR count). The van der Waals surface area contributed by atoms with E-state index in [1.807, 2.05) is 39.7 Å². The Hall–Kier alpha value is -2.36. The van der Waals surface area contributed by atoms with Gasteiger partial charge in [-0.3, -0.25) is 0 Å². The molecular formula is C17H16N2OS2. The lowest BCUT2D eigenvalue weighted by Crippen LogP contribution is -2.13. The van der Waals surface area contributed by atoms with Crippen LogP contribution in [0.1, 0.15) is 25.0 Å². The second-order valence-corrected chi connectivity index (χ2v) is 5.91. The van der Waals surface area contributed by atoms with Crippen LogP contribution < -0.4 is 0 Å². The van der Waals surface area contributed by atoms with Crippen LogP contribution in [0.5, 0.6) is 0 Å². The van der Waals surface area contributed by atoms with Crippen LogP contribution in [0.2, 0.25) is 0 Å². The van der Waals surface area contributed by atoms with Gasteiger partial charge in [-0.25, -0.2) is 0 Å². The summed E-state index contributed by atoms with van der Waals surface area (Å²) in [7, 11) is 0. The number of thiophene rings is 2. The number of terminal acetylenes is 1. The lowest BCUT2D eigenvalue weighted by atomic mass is 10.2. The summed E-state index contributed by atoms with van der Waals surface area (Å²) in [6.07, 6.45) is 8.31. The molecule has 0 bridgehead atoms. The van der Waals surface area contributed by atoms with E-state index in [0.29, 0.717) is 0 Å². The average molecular weight is 328 g/mol. The normalized spacial score (nSPS) is 9.27. The number of rotatable bonds is 1. The van der Waals surface area contributed by atoms with E-state index >= 15 is 0 Å². The van der Waals surface area contributed by atoms with Crippen LogP contribution >= 0.6 is 22.7 Å². The van der Waals surface area contributed by atoms with Crippen LogP contribution in [-0.4, -0.2) is 10.7 Å². The van der Waals surface area contributed by atoms with Gasteiger partial charge in [0.2, 0.25) is 0 Å². The first-order chi connectivity index (χ1) is 10.4. The molecule has 0 aliphatic rings. The van der Waals surface area contributed by atoms with Crippen LogP contribution in [-0.2, 0) is 0 Å². The minimum Gasteiger partial charge on any atom is -0.376 e. The van der Waals surface area contributed by atoms with Gasteiger partial charge in [-0.1, -0.05) is 5.92 Å². The van der Waals surface area contributed by atoms with Gasteiger partial charge in [-0.15, -0.1) is 6.42 Å². The second-order valence-electron chi connectivity index (χ2n) is 4.35. The zero-order valence-electron chi connectivity index (χ0n) is 12.4. The van der Waals surface area contributed by atoms with Gasteiger partial charge in [-0.05, 0) is 53.8 Å². The van der Waals surface area contributed by atoms with Crippen molar-refractivity contribution in [1.29, 1.82) is 10.5 Å². The van der Waals surface area contributed by atoms with Gasteiger partial charge in [0.15, 0.2) is 0 Å². The first kappa shape index (κ1) is 19.6. The smallest absolute Gasteiger partial charge is 0.145 e. The first-order valence-corrected chi connectivity index (χ1v) is 8.02. The monoisotopic (exact) mass is 328 g/mol. The molecule has 2 aromatic heterocycles. The Morgan fingerprint density at radius 3 is 2.09 bits per heavy atom. The molecule has 0 atom stereocenters. The summed E-state index contributed by atoms with van der Waals surface area (Å²) in [5.41, 5.74) is 0.923. The quantitative estimate of drug-likeness (QED) is 0.482. The van der Waals surface area contributed by atoms with Gasteiger partial charge in [0.05, 0.1) is 12.1 Å². The summed E-state index contributed by atoms with van der Waals surface area (Å²) in [5.74, 6) is 2.52. The zero-order chi connectivity index (χ0) is 16.8. The molecule has 1 N–H and O–H groups in total. The Balaban J connectivity index is 0.000000309. The van der Waals surface area contributed by atoms with Crippen molar-refractivity contribution in [3.63, 3.8) is 0 Å². The maximum Gasteiger partial charge on any atom is 0.145 e. The molecule has 5 heteroatoms. The SMILES string of the molecule is C#Cc1ccsc1.CC(C)(O)C#N.N#C/C=C/c1ccsc1. The van der Waals surface area contributed by atoms with Crippen LogP contribution in [0, 0.1) is 35.0 Å². The van der Waals surface area contributed by atoms with Crippen molar-refractivity contribution >= 4 is 28.7 Å². The molecule has 22 heavy (non-hydrogen) atoms. The Kier molecular flexibility index (Phi) is 10.1. The molecule has 0 saturated heterocycles. The van der Waals surface area contributed by atoms with Gasteiger partial charge in [0.1, 0.15) is 5.60 Å². The van der Waals surface area contributed by atoms with Crippen molar-refractivity contribution in [2.24, 2.45) is 0 Å². The molecule has 112 valence electrons. The maximum absolute atomic E-state index is 8.47. The molecule has 3 nitrogen and oxygen atoms in total. The third-order valence-corrected chi connectivity index (χ3v) is 3.24. The summed E-state index contributed by atoms with van der Waals surface area (Å²) in [6, 6.07) is 7.48. The predicted molar refractivity (Wildman–Crippen MR) is 93.1 cm³/mol. The lowest BCUT2D eigenvalue weighted by Gasteiger charge is -2.00. The van der Waals surface area contributed by atoms with E-state index in [4.69, 9.17) is 22.1 Å². The van der Waals surface area contributed by atoms with E-state index in [2.05, 4.69) is 5.92 Å². The number of nitrogens with zero attached hydrogens (tertiary/aromatic N) is 2. The van der Waals surface area contributed by atoms with Gasteiger partial charge in [-0.2, -0.15) is 33.2 Å². The highest BCUT2D eigenvalue weighted by molar-refractivity contribution is 7.08. The number of allylic oxidation sites excluding steroid dienone is 1. The maximum atomic E-state index is 8.47. The summed E-state index contributed by atoms with van der Waals surface area (Å²) < 4.78 is 0. The van der Waals surface area contributed by atoms with Gasteiger partial charge in [0.25, 0.3) is 0 Å². The van der Waals surface area contributed by atoms with E-state index in [9.17, 15) is 0 Å². The summed E-state index contributed by atoms with van der Waals surface area (Å²) >= 11 is 3.25. The Labute approximate surface area is 139 Å². The minimum absolute atomic E-state index is 0.977. The summed E-state index contributed by atoms with van der Waals surface area (Å²) in [4.78, 5) is 0. The molecule has 0 aliphatic carbocycles. The van der Waals surface area contributed by atoms with Crippen molar-refractivity contribution < 1.29 is 5.11 Å². The average Bonchev–Trinajstić information content (AvgIpc) is 3.18. The molecule has 0 aliphatic heterocycles. The molecule has 0 saturated carbocycles. The summed E-state index contributed by atoms with van der Waals surface area (Å²) in [6.45, 7) is 2.88. The molecule has 0 radical (unpaired) electrons. The predicted octanol–water partition coefficient (Wildman–Crippen LogP) is 4.30. The highest BCUT2D eigenvalue weighted by Gasteiger charge is 2.07. The first-order valence-electron chi connectivity index (χ1n) is 6.13. The van der Waals surface area contributed by atoms with E-state index < -0.39 is 5.60 Å². The molecule has 2 aromatic rings. The number of aliphatic hydroxyl groups is 1. The van der Waals surface area contributed by atoms with Crippen molar-refractivity contribution in [1.82, 2.24) is 0 Å². The Morgan fingerprint density at radius 1 is 1.18 bits per heavy atom. The van der Waals surface area contributed by atoms with Gasteiger partial charge < -0.3 is 5.11 Å². The highest BCUT2D eigenvalue weighted by atomic mass is 32.1. The van der Waals surface area contributed by atoms with E-state index in [1.54, 1.807) is 34.8 Å². The summed E-state index contributed by atoms with van der Waals surface area (Å²) in [5, 5.41) is 32.4. The van der Waals surface area contributed by atoms with E-state index in [1.165, 1.54) is 19.9 Å². The van der Waals surface area contributed by atoms with Gasteiger partial charge in [0, 0.05) is 17.0 Å². The molecule has 0 spiro atoms. The van der Waals surface area contributed by atoms with Crippen molar-refractivity contribution in [3.05, 3.63) is 50.9 Å². The molecule has 0 amide bonds. The fourth-order valence-electron chi connectivity index (χ4n) is 0.850. The molecule has 0 fully saturated rings. The van der Waals surface area contributed by atoms with Gasteiger partial charge >= 0.3 is 0 Å². The Bertz CT molecular complexity index is 658. The number of nitriles is 2. The number of hydrogen-bond acceptors (Lipinski definition) is 5. The van der Waals surface area contributed by atoms with E-state index in [0.717, 1.165) is 11.1 Å². The number of hydrogen-bond donors (Lipinski definition) is 1. The van der Waals surface area contributed by atoms with Crippen molar-refractivity contribution in [2.45, 2.75) is 19.4 Å². The second kappa shape index (κ2) is 11.3. The molecule has 0 unspecified atom stereocenters. The zero-order valence-corrected chi connectivity index (χ0v) is 14.0. The fraction of sp³-hybridized carbons (Fsp3) is 0.176. The van der Waals surface area contributed by atoms with Crippen LogP contribution in [0.15, 0.2) is 39.7 Å². The fourth-order valence-corrected chi connectivity index (χ4v) is 2.08. The molecule has 2 heterocycles. The topological polar surface area (TPSA) is 67.8 Å². The Morgan fingerprint density at radius 2 is 1.77 bits per heavy atom. The van der Waals surface area contributed by atoms with Crippen LogP contribution in [0.3, 0.4) is 0 Å². The van der Waals surface area contributed by atoms with Crippen molar-refractivity contribution in [2.75, 3.05) is 0 Å². The van der Waals surface area contributed by atoms with Crippen LogP contribution in [0.25, 0.3) is 6.08 Å². The lowest BCUT2D eigenvalue weighted by molar-refractivity contribution is 0.141. The largest absolute Gasteiger partial charge is 0.376 e. The standard InChI is InChI=1S/C7H5NS.C6H4S.C4H7NO/c8-4-1-2-7-3-5-9-6-7;1-2-6-3-4-7-5-6;1-4(2,6)3-5/h1-3,5-6H;1,3-5H;6H,1-2H3/b2-1+;;. The van der Waals surface area contributed by atoms with Crippen molar-refractivity contribution in [3.8, 4) is 24.5 Å². The minimum atomic E-state index is -1.15. The van der Waals surface area contributed by atoms with Crippen LogP contribution in [0.4, 0.5) is 0 Å². The highest BCUT2D eigenvalue weighted by Crippen LogP contribution is 2.06. The molecule has 0 aromatic carbocycles. The third-order valence-electron chi connectivity index (χ3n) is 1.85. The molecular weight excluding hydrogens is 312 g/mol. The van der Waals surface area contributed by atoms with E-state index in [-0.39, 0.29) is 0 Å².